The molecule has 0 atom stereocenters. The van der Waals surface area contributed by atoms with Crippen LogP contribution in [-0.2, 0) is 0 Å². The second kappa shape index (κ2) is 4.99. The quantitative estimate of drug-likeness (QED) is 0.569. The Morgan fingerprint density at radius 3 is 2.62 bits per heavy atom. The maximum absolute atomic E-state index is 5.31. The van der Waals surface area contributed by atoms with E-state index in [0.717, 1.165) is 10.4 Å². The third-order valence-electron chi connectivity index (χ3n) is 2.95. The minimum absolute atomic E-state index is 0.348. The fourth-order valence-corrected chi connectivity index (χ4v) is 2.62. The van der Waals surface area contributed by atoms with Gasteiger partial charge in [0, 0.05) is 11.6 Å². The van der Waals surface area contributed by atoms with Crippen LogP contribution in [0.25, 0.3) is 33.6 Å². The summed E-state index contributed by atoms with van der Waals surface area (Å²) in [4.78, 5) is 5.36. The lowest BCUT2D eigenvalue weighted by molar-refractivity contribution is 0.412. The Hall–Kier alpha value is -2.73. The SMILES string of the molecule is c1ccc(-c2noc(-c3cc(-c4cccs4)on3)n2)cc1. The van der Waals surface area contributed by atoms with Gasteiger partial charge >= 0.3 is 0 Å². The van der Waals surface area contributed by atoms with Crippen molar-refractivity contribution >= 4 is 11.3 Å². The number of rotatable bonds is 3. The van der Waals surface area contributed by atoms with Crippen LogP contribution >= 0.6 is 11.3 Å². The first-order valence-electron chi connectivity index (χ1n) is 6.30. The Kier molecular flexibility index (Phi) is 2.86. The molecule has 0 radical (unpaired) electrons. The summed E-state index contributed by atoms with van der Waals surface area (Å²) in [6.45, 7) is 0. The topological polar surface area (TPSA) is 65.0 Å². The summed E-state index contributed by atoms with van der Waals surface area (Å²) in [5.74, 6) is 1.58. The number of aromatic nitrogens is 3. The van der Waals surface area contributed by atoms with Crippen LogP contribution in [0.4, 0.5) is 0 Å². The van der Waals surface area contributed by atoms with Crippen LogP contribution < -0.4 is 0 Å². The molecule has 0 aliphatic carbocycles. The van der Waals surface area contributed by atoms with Crippen molar-refractivity contribution in [2.24, 2.45) is 0 Å². The van der Waals surface area contributed by atoms with Crippen molar-refractivity contribution in [3.05, 3.63) is 53.9 Å². The molecule has 0 amide bonds. The van der Waals surface area contributed by atoms with Gasteiger partial charge in [-0.2, -0.15) is 4.98 Å². The number of hydrogen-bond acceptors (Lipinski definition) is 6. The molecule has 0 aliphatic rings. The zero-order valence-corrected chi connectivity index (χ0v) is 11.6. The number of hydrogen-bond donors (Lipinski definition) is 0. The lowest BCUT2D eigenvalue weighted by atomic mass is 10.2. The van der Waals surface area contributed by atoms with Gasteiger partial charge in [-0.25, -0.2) is 0 Å². The van der Waals surface area contributed by atoms with Crippen molar-refractivity contribution in [3.8, 4) is 33.6 Å². The summed E-state index contributed by atoms with van der Waals surface area (Å²) < 4.78 is 10.6. The predicted octanol–water partition coefficient (Wildman–Crippen LogP) is 4.12. The van der Waals surface area contributed by atoms with Crippen molar-refractivity contribution < 1.29 is 9.05 Å². The summed E-state index contributed by atoms with van der Waals surface area (Å²) in [6, 6.07) is 15.4. The molecule has 1 aromatic carbocycles. The molecule has 102 valence electrons. The standard InChI is InChI=1S/C15H9N3O2S/c1-2-5-10(6-3-1)14-16-15(20-18-14)11-9-12(19-17-11)13-7-4-8-21-13/h1-9H. The van der Waals surface area contributed by atoms with Gasteiger partial charge in [0.05, 0.1) is 4.88 Å². The molecule has 3 aromatic heterocycles. The molecule has 21 heavy (non-hydrogen) atoms. The molecule has 0 spiro atoms. The van der Waals surface area contributed by atoms with Crippen LogP contribution in [0.3, 0.4) is 0 Å². The highest BCUT2D eigenvalue weighted by molar-refractivity contribution is 7.13. The van der Waals surface area contributed by atoms with Crippen molar-refractivity contribution in [2.75, 3.05) is 0 Å². The summed E-state index contributed by atoms with van der Waals surface area (Å²) >= 11 is 1.59. The normalized spacial score (nSPS) is 10.9. The lowest BCUT2D eigenvalue weighted by Gasteiger charge is -1.89. The Labute approximate surface area is 123 Å². The summed E-state index contributed by atoms with van der Waals surface area (Å²) in [5.41, 5.74) is 1.43. The highest BCUT2D eigenvalue weighted by Crippen LogP contribution is 2.29. The van der Waals surface area contributed by atoms with Gasteiger partial charge in [-0.15, -0.1) is 11.3 Å². The maximum atomic E-state index is 5.31. The van der Waals surface area contributed by atoms with E-state index < -0.39 is 0 Å². The third-order valence-corrected chi connectivity index (χ3v) is 3.84. The fourth-order valence-electron chi connectivity index (χ4n) is 1.94. The maximum Gasteiger partial charge on any atom is 0.280 e. The van der Waals surface area contributed by atoms with E-state index in [-0.39, 0.29) is 0 Å². The van der Waals surface area contributed by atoms with Gasteiger partial charge in [-0.1, -0.05) is 46.7 Å². The van der Waals surface area contributed by atoms with Gasteiger partial charge in [0.2, 0.25) is 5.82 Å². The molecular formula is C15H9N3O2S. The molecule has 0 bridgehead atoms. The first-order valence-corrected chi connectivity index (χ1v) is 7.18. The van der Waals surface area contributed by atoms with Crippen molar-refractivity contribution in [1.82, 2.24) is 15.3 Å². The molecule has 0 aliphatic heterocycles. The van der Waals surface area contributed by atoms with Gasteiger partial charge in [-0.05, 0) is 11.4 Å². The van der Waals surface area contributed by atoms with Gasteiger partial charge in [0.25, 0.3) is 5.89 Å². The highest BCUT2D eigenvalue weighted by Gasteiger charge is 2.16. The molecule has 0 saturated carbocycles. The molecule has 4 rings (SSSR count). The lowest BCUT2D eigenvalue weighted by Crippen LogP contribution is -1.80. The van der Waals surface area contributed by atoms with Crippen LogP contribution in [-0.4, -0.2) is 15.3 Å². The Balaban J connectivity index is 1.67. The molecule has 5 nitrogen and oxygen atoms in total. The van der Waals surface area contributed by atoms with E-state index in [0.29, 0.717) is 23.2 Å². The fraction of sp³-hybridized carbons (Fsp3) is 0. The first kappa shape index (κ1) is 12.0. The molecule has 0 saturated heterocycles. The predicted molar refractivity (Wildman–Crippen MR) is 78.5 cm³/mol. The molecule has 6 heteroatoms. The van der Waals surface area contributed by atoms with Crippen molar-refractivity contribution in [2.45, 2.75) is 0 Å². The van der Waals surface area contributed by atoms with Gasteiger partial charge in [0.15, 0.2) is 11.5 Å². The van der Waals surface area contributed by atoms with Crippen LogP contribution in [0.5, 0.6) is 0 Å². The Morgan fingerprint density at radius 2 is 1.81 bits per heavy atom. The largest absolute Gasteiger partial charge is 0.355 e. The van der Waals surface area contributed by atoms with E-state index in [9.17, 15) is 0 Å². The molecule has 4 aromatic rings. The minimum Gasteiger partial charge on any atom is -0.355 e. The summed E-state index contributed by atoms with van der Waals surface area (Å²) in [6.07, 6.45) is 0. The smallest absolute Gasteiger partial charge is 0.280 e. The zero-order chi connectivity index (χ0) is 14.1. The molecule has 3 heterocycles. The van der Waals surface area contributed by atoms with Gasteiger partial charge in [0.1, 0.15) is 0 Å². The van der Waals surface area contributed by atoms with E-state index in [1.54, 1.807) is 17.4 Å². The highest BCUT2D eigenvalue weighted by atomic mass is 32.1. The van der Waals surface area contributed by atoms with Crippen LogP contribution in [0.15, 0.2) is 63.0 Å². The van der Waals surface area contributed by atoms with Crippen LogP contribution in [0, 0.1) is 0 Å². The van der Waals surface area contributed by atoms with E-state index in [1.807, 2.05) is 47.8 Å². The number of thiophene rings is 1. The summed E-state index contributed by atoms with van der Waals surface area (Å²) in [5, 5.41) is 9.94. The molecule has 0 N–H and O–H groups in total. The number of nitrogens with zero attached hydrogens (tertiary/aromatic N) is 3. The van der Waals surface area contributed by atoms with Crippen LogP contribution in [0.2, 0.25) is 0 Å². The Morgan fingerprint density at radius 1 is 0.905 bits per heavy atom. The zero-order valence-electron chi connectivity index (χ0n) is 10.8. The molecule has 0 unspecified atom stereocenters. The minimum atomic E-state index is 0.348. The second-order valence-corrected chi connectivity index (χ2v) is 5.29. The third kappa shape index (κ3) is 2.25. The first-order chi connectivity index (χ1) is 10.4. The van der Waals surface area contributed by atoms with E-state index in [1.165, 1.54) is 0 Å². The van der Waals surface area contributed by atoms with Gasteiger partial charge < -0.3 is 9.05 Å². The van der Waals surface area contributed by atoms with Crippen LogP contribution in [0.1, 0.15) is 0 Å². The summed E-state index contributed by atoms with van der Waals surface area (Å²) in [7, 11) is 0. The number of benzene rings is 1. The average molecular weight is 295 g/mol. The van der Waals surface area contributed by atoms with E-state index in [2.05, 4.69) is 15.3 Å². The van der Waals surface area contributed by atoms with Crippen molar-refractivity contribution in [1.29, 1.82) is 0 Å². The monoisotopic (exact) mass is 295 g/mol. The van der Waals surface area contributed by atoms with E-state index >= 15 is 0 Å². The molecule has 0 fully saturated rings. The van der Waals surface area contributed by atoms with Crippen molar-refractivity contribution in [3.63, 3.8) is 0 Å². The van der Waals surface area contributed by atoms with Gasteiger partial charge in [-0.3, -0.25) is 0 Å². The molecular weight excluding hydrogens is 286 g/mol. The second-order valence-electron chi connectivity index (χ2n) is 4.34. The average Bonchev–Trinajstić information content (AvgIpc) is 3.27. The Bertz CT molecular complexity index is 850. The van der Waals surface area contributed by atoms with E-state index in [4.69, 9.17) is 9.05 Å².